The summed E-state index contributed by atoms with van der Waals surface area (Å²) in [6, 6.07) is 32.8. The molecular formula is C27H23Cl2N2Ti-3. The molecule has 32 heavy (non-hydrogen) atoms. The Morgan fingerprint density at radius 1 is 0.531 bits per heavy atom. The second-order valence-corrected chi connectivity index (χ2v) is 9.71. The van der Waals surface area contributed by atoms with Crippen molar-refractivity contribution in [3.05, 3.63) is 136 Å². The van der Waals surface area contributed by atoms with Crippen molar-refractivity contribution in [3.63, 3.8) is 0 Å². The predicted octanol–water partition coefficient (Wildman–Crippen LogP) is 9.95. The zero-order valence-corrected chi connectivity index (χ0v) is 21.0. The second-order valence-electron chi connectivity index (χ2n) is 7.13. The topological polar surface area (TPSA) is 28.2 Å². The Labute approximate surface area is 207 Å². The minimum atomic E-state index is -0.556. The third kappa shape index (κ3) is 6.82. The van der Waals surface area contributed by atoms with Crippen molar-refractivity contribution in [3.8, 4) is 0 Å². The van der Waals surface area contributed by atoms with Gasteiger partial charge in [-0.05, 0) is 13.8 Å². The van der Waals surface area contributed by atoms with E-state index in [1.165, 1.54) is 0 Å². The van der Waals surface area contributed by atoms with E-state index >= 15 is 0 Å². The molecule has 0 fully saturated rings. The Bertz CT molecular complexity index is 1060. The summed E-state index contributed by atoms with van der Waals surface area (Å²) >= 11 is -0.556. The van der Waals surface area contributed by atoms with Crippen LogP contribution in [0.25, 0.3) is 10.6 Å². The summed E-state index contributed by atoms with van der Waals surface area (Å²) in [7, 11) is 9.78. The minimum absolute atomic E-state index is 0.556. The van der Waals surface area contributed by atoms with Crippen LogP contribution in [0.4, 0.5) is 22.7 Å². The van der Waals surface area contributed by atoms with Gasteiger partial charge in [0.05, 0.1) is 0 Å². The molecule has 0 spiro atoms. The summed E-state index contributed by atoms with van der Waals surface area (Å²) in [4.78, 5) is 0. The third-order valence-corrected chi connectivity index (χ3v) is 4.90. The molecule has 4 rings (SSSR count). The zero-order chi connectivity index (χ0) is 22.8. The second kappa shape index (κ2) is 12.6. The van der Waals surface area contributed by atoms with Crippen LogP contribution in [0.15, 0.2) is 97.1 Å². The van der Waals surface area contributed by atoms with Crippen LogP contribution < -0.4 is 0 Å². The Balaban J connectivity index is 0.000000913. The molecule has 0 unspecified atom stereocenters. The van der Waals surface area contributed by atoms with E-state index in [9.17, 15) is 0 Å². The molecule has 2 nitrogen and oxygen atoms in total. The van der Waals surface area contributed by atoms with Crippen molar-refractivity contribution in [2.45, 2.75) is 13.8 Å². The molecule has 162 valence electrons. The van der Waals surface area contributed by atoms with E-state index in [-0.39, 0.29) is 0 Å². The molecule has 0 aliphatic rings. The Morgan fingerprint density at radius 3 is 1.22 bits per heavy atom. The Morgan fingerprint density at radius 2 is 0.844 bits per heavy atom. The number of halogens is 2. The predicted molar refractivity (Wildman–Crippen MR) is 135 cm³/mol. The van der Waals surface area contributed by atoms with Gasteiger partial charge in [-0.1, -0.05) is 83.9 Å². The Kier molecular flexibility index (Phi) is 9.58. The van der Waals surface area contributed by atoms with E-state index in [2.05, 4.69) is 56.7 Å². The maximum atomic E-state index is 4.90. The molecule has 0 saturated heterocycles. The standard InChI is InChI=1S/C27H23N2.2ClH.Ti/c1-20-11-3-7-15-24(20)28-26-17-9-5-13-22(26)19-23-14-6-10-18-27(23)29-25-16-8-4-12-21(25)2;;;/h3-19H,1-2H3;2*1H;/q-3;;;+2/p-2. The molecule has 5 heteroatoms. The summed E-state index contributed by atoms with van der Waals surface area (Å²) in [6.45, 7) is 4.17. The number of para-hydroxylation sites is 4. The molecule has 0 N–H and O–H groups in total. The van der Waals surface area contributed by atoms with Gasteiger partial charge in [0.2, 0.25) is 0 Å². The van der Waals surface area contributed by atoms with E-state index in [4.69, 9.17) is 29.2 Å². The molecule has 0 aromatic heterocycles. The molecule has 0 aliphatic carbocycles. The molecular weight excluding hydrogens is 471 g/mol. The molecule has 0 radical (unpaired) electrons. The number of aryl methyl sites for hydroxylation is 2. The number of benzene rings is 4. The maximum absolute atomic E-state index is 4.90. The van der Waals surface area contributed by atoms with Gasteiger partial charge in [-0.25, -0.2) is 11.4 Å². The normalized spacial score (nSPS) is 9.88. The first-order chi connectivity index (χ1) is 15.6. The average Bonchev–Trinajstić information content (AvgIpc) is 2.80. The van der Waals surface area contributed by atoms with Crippen LogP contribution in [0, 0.1) is 20.3 Å². The fourth-order valence-electron chi connectivity index (χ4n) is 3.23. The third-order valence-electron chi connectivity index (χ3n) is 4.90. The van der Waals surface area contributed by atoms with Gasteiger partial charge in [0.15, 0.2) is 0 Å². The van der Waals surface area contributed by atoms with Crippen LogP contribution in [0.1, 0.15) is 22.3 Å². The molecule has 4 aromatic rings. The van der Waals surface area contributed by atoms with Crippen molar-refractivity contribution in [2.75, 3.05) is 0 Å². The molecule has 0 bridgehead atoms. The van der Waals surface area contributed by atoms with Crippen LogP contribution in [0.2, 0.25) is 0 Å². The summed E-state index contributed by atoms with van der Waals surface area (Å²) in [5.74, 6) is 0. The monoisotopic (exact) mass is 493 g/mol. The number of nitrogens with zero attached hydrogens (tertiary/aromatic N) is 2. The average molecular weight is 494 g/mol. The van der Waals surface area contributed by atoms with E-state index < -0.39 is 17.0 Å². The van der Waals surface area contributed by atoms with Gasteiger partial charge in [-0.2, -0.15) is 0 Å². The molecule has 0 heterocycles. The molecule has 0 aliphatic heterocycles. The molecule has 0 amide bonds. The van der Waals surface area contributed by atoms with Gasteiger partial charge < -0.3 is 10.6 Å². The Hall–Kier alpha value is -2.36. The summed E-state index contributed by atoms with van der Waals surface area (Å²) in [5.41, 5.74) is 8.36. The van der Waals surface area contributed by atoms with Gasteiger partial charge in [0, 0.05) is 0 Å². The van der Waals surface area contributed by atoms with Crippen molar-refractivity contribution < 1.29 is 17.0 Å². The van der Waals surface area contributed by atoms with E-state index in [0.29, 0.717) is 0 Å². The van der Waals surface area contributed by atoms with Crippen molar-refractivity contribution in [1.82, 2.24) is 0 Å². The van der Waals surface area contributed by atoms with Crippen molar-refractivity contribution >= 4 is 41.4 Å². The molecule has 4 aromatic carbocycles. The number of rotatable bonds is 6. The van der Waals surface area contributed by atoms with E-state index in [0.717, 1.165) is 45.0 Å². The van der Waals surface area contributed by atoms with Crippen LogP contribution in [-0.2, 0) is 17.0 Å². The van der Waals surface area contributed by atoms with Crippen molar-refractivity contribution in [2.24, 2.45) is 0 Å². The van der Waals surface area contributed by atoms with Gasteiger partial charge >= 0.3 is 35.6 Å². The van der Waals surface area contributed by atoms with Gasteiger partial charge in [-0.3, -0.25) is 0 Å². The van der Waals surface area contributed by atoms with E-state index in [1.807, 2.05) is 60.7 Å². The first kappa shape index (κ1) is 24.3. The van der Waals surface area contributed by atoms with E-state index in [1.54, 1.807) is 0 Å². The van der Waals surface area contributed by atoms with Crippen LogP contribution in [0.3, 0.4) is 0 Å². The fourth-order valence-corrected chi connectivity index (χ4v) is 3.23. The first-order valence-corrected chi connectivity index (χ1v) is 14.5. The number of hydrogen-bond donors (Lipinski definition) is 0. The zero-order valence-electron chi connectivity index (χ0n) is 18.0. The molecule has 0 atom stereocenters. The summed E-state index contributed by atoms with van der Waals surface area (Å²) in [6.07, 6.45) is 2.16. The van der Waals surface area contributed by atoms with Gasteiger partial charge in [0.25, 0.3) is 0 Å². The number of hydrogen-bond acceptors (Lipinski definition) is 0. The van der Waals surface area contributed by atoms with Crippen LogP contribution >= 0.6 is 18.6 Å². The first-order valence-electron chi connectivity index (χ1n) is 10.2. The SMILES string of the molecule is Cc1ccccc1[N-]c1ccccc1[CH-]c1ccccc1[N-]c1ccccc1C.[Cl][Ti][Cl]. The van der Waals surface area contributed by atoms with Gasteiger partial charge in [-0.15, -0.1) is 53.2 Å². The van der Waals surface area contributed by atoms with Gasteiger partial charge in [0.1, 0.15) is 0 Å². The summed E-state index contributed by atoms with van der Waals surface area (Å²) in [5, 5.41) is 9.81. The van der Waals surface area contributed by atoms with Crippen molar-refractivity contribution in [1.29, 1.82) is 0 Å². The van der Waals surface area contributed by atoms with Crippen LogP contribution in [-0.4, -0.2) is 0 Å². The molecule has 0 saturated carbocycles. The fraction of sp³-hybridized carbons (Fsp3) is 0.0741. The van der Waals surface area contributed by atoms with Crippen LogP contribution in [0.5, 0.6) is 0 Å². The quantitative estimate of drug-likeness (QED) is 0.189. The summed E-state index contributed by atoms with van der Waals surface area (Å²) < 4.78 is 0.